The standard InChI is InChI=1S/C15H14BrF2NS/c16-11-4-2-5-13(8-11)20-9-12(19)7-10-3-1-6-14(17)15(10)18/h1-6,8,12H,7,9,19H2. The molecule has 1 unspecified atom stereocenters. The molecule has 20 heavy (non-hydrogen) atoms. The van der Waals surface area contributed by atoms with Gasteiger partial charge in [0.1, 0.15) is 0 Å². The third-order valence-electron chi connectivity index (χ3n) is 2.77. The third-order valence-corrected chi connectivity index (χ3v) is 4.45. The monoisotopic (exact) mass is 357 g/mol. The highest BCUT2D eigenvalue weighted by Crippen LogP contribution is 2.23. The molecule has 0 heterocycles. The normalized spacial score (nSPS) is 12.4. The van der Waals surface area contributed by atoms with Gasteiger partial charge in [0.25, 0.3) is 0 Å². The first kappa shape index (κ1) is 15.5. The van der Waals surface area contributed by atoms with E-state index >= 15 is 0 Å². The molecule has 0 saturated heterocycles. The number of hydrogen-bond donors (Lipinski definition) is 1. The zero-order chi connectivity index (χ0) is 14.5. The fourth-order valence-corrected chi connectivity index (χ4v) is 3.27. The van der Waals surface area contributed by atoms with Crippen LogP contribution in [0.15, 0.2) is 51.8 Å². The van der Waals surface area contributed by atoms with Gasteiger partial charge in [-0.3, -0.25) is 0 Å². The van der Waals surface area contributed by atoms with E-state index in [9.17, 15) is 8.78 Å². The van der Waals surface area contributed by atoms with Crippen molar-refractivity contribution in [1.29, 1.82) is 0 Å². The topological polar surface area (TPSA) is 26.0 Å². The van der Waals surface area contributed by atoms with Crippen molar-refractivity contribution < 1.29 is 8.78 Å². The van der Waals surface area contributed by atoms with Crippen molar-refractivity contribution in [3.63, 3.8) is 0 Å². The van der Waals surface area contributed by atoms with Gasteiger partial charge in [0.15, 0.2) is 11.6 Å². The van der Waals surface area contributed by atoms with Crippen LogP contribution in [0.3, 0.4) is 0 Å². The second-order valence-corrected chi connectivity index (χ2v) is 6.45. The van der Waals surface area contributed by atoms with Crippen molar-refractivity contribution in [2.45, 2.75) is 17.4 Å². The van der Waals surface area contributed by atoms with Crippen LogP contribution < -0.4 is 5.73 Å². The van der Waals surface area contributed by atoms with E-state index in [2.05, 4.69) is 15.9 Å². The van der Waals surface area contributed by atoms with E-state index in [1.54, 1.807) is 17.8 Å². The molecule has 2 aromatic carbocycles. The number of benzene rings is 2. The summed E-state index contributed by atoms with van der Waals surface area (Å²) >= 11 is 5.01. The summed E-state index contributed by atoms with van der Waals surface area (Å²) in [6.07, 6.45) is 0.324. The molecule has 0 aliphatic heterocycles. The summed E-state index contributed by atoms with van der Waals surface area (Å²) in [5.74, 6) is -0.975. The van der Waals surface area contributed by atoms with E-state index in [0.29, 0.717) is 17.7 Å². The molecule has 0 saturated carbocycles. The summed E-state index contributed by atoms with van der Waals surface area (Å²) in [4.78, 5) is 1.09. The molecular formula is C15H14BrF2NS. The Kier molecular flexibility index (Phi) is 5.57. The Labute approximate surface area is 129 Å². The highest BCUT2D eigenvalue weighted by molar-refractivity contribution is 9.10. The predicted molar refractivity (Wildman–Crippen MR) is 82.9 cm³/mol. The summed E-state index contributed by atoms with van der Waals surface area (Å²) in [7, 11) is 0. The number of nitrogens with two attached hydrogens (primary N) is 1. The number of thioether (sulfide) groups is 1. The van der Waals surface area contributed by atoms with Gasteiger partial charge in [-0.25, -0.2) is 8.78 Å². The predicted octanol–water partition coefficient (Wildman–Crippen LogP) is 4.39. The van der Waals surface area contributed by atoms with Gasteiger partial charge in [0, 0.05) is 21.2 Å². The van der Waals surface area contributed by atoms with Crippen LogP contribution in [0.5, 0.6) is 0 Å². The lowest BCUT2D eigenvalue weighted by atomic mass is 10.1. The molecule has 0 aliphatic carbocycles. The second-order valence-electron chi connectivity index (χ2n) is 4.45. The molecule has 1 nitrogen and oxygen atoms in total. The Balaban J connectivity index is 1.92. The van der Waals surface area contributed by atoms with E-state index in [4.69, 9.17) is 5.73 Å². The lowest BCUT2D eigenvalue weighted by Crippen LogP contribution is -2.26. The van der Waals surface area contributed by atoms with Crippen LogP contribution >= 0.6 is 27.7 Å². The van der Waals surface area contributed by atoms with Crippen LogP contribution in [-0.2, 0) is 6.42 Å². The molecule has 2 rings (SSSR count). The molecule has 106 valence electrons. The van der Waals surface area contributed by atoms with E-state index in [1.807, 2.05) is 24.3 Å². The van der Waals surface area contributed by atoms with Crippen molar-refractivity contribution >= 4 is 27.7 Å². The largest absolute Gasteiger partial charge is 0.327 e. The number of halogens is 3. The quantitative estimate of drug-likeness (QED) is 0.803. The van der Waals surface area contributed by atoms with Gasteiger partial charge in [-0.1, -0.05) is 34.1 Å². The summed E-state index contributed by atoms with van der Waals surface area (Å²) < 4.78 is 27.6. The van der Waals surface area contributed by atoms with Gasteiger partial charge in [-0.05, 0) is 36.2 Å². The van der Waals surface area contributed by atoms with Crippen LogP contribution in [0.2, 0.25) is 0 Å². The average Bonchev–Trinajstić information content (AvgIpc) is 2.42. The molecular weight excluding hydrogens is 344 g/mol. The van der Waals surface area contributed by atoms with Crippen molar-refractivity contribution in [2.24, 2.45) is 5.73 Å². The van der Waals surface area contributed by atoms with E-state index < -0.39 is 11.6 Å². The number of hydrogen-bond acceptors (Lipinski definition) is 2. The van der Waals surface area contributed by atoms with E-state index in [1.165, 1.54) is 6.07 Å². The third kappa shape index (κ3) is 4.30. The van der Waals surface area contributed by atoms with Crippen LogP contribution in [0.25, 0.3) is 0 Å². The van der Waals surface area contributed by atoms with Gasteiger partial charge in [-0.2, -0.15) is 0 Å². The Hall–Kier alpha value is -0.910. The van der Waals surface area contributed by atoms with Crippen molar-refractivity contribution in [3.8, 4) is 0 Å². The zero-order valence-electron chi connectivity index (χ0n) is 10.7. The second kappa shape index (κ2) is 7.20. The minimum Gasteiger partial charge on any atom is -0.327 e. The maximum absolute atomic E-state index is 13.5. The Morgan fingerprint density at radius 3 is 2.65 bits per heavy atom. The van der Waals surface area contributed by atoms with Crippen molar-refractivity contribution in [3.05, 3.63) is 64.1 Å². The first-order valence-electron chi connectivity index (χ1n) is 6.13. The van der Waals surface area contributed by atoms with Crippen molar-refractivity contribution in [1.82, 2.24) is 0 Å². The fourth-order valence-electron chi connectivity index (χ4n) is 1.81. The lowest BCUT2D eigenvalue weighted by Gasteiger charge is -2.12. The fraction of sp³-hybridized carbons (Fsp3) is 0.200. The average molecular weight is 358 g/mol. The molecule has 0 amide bonds. The van der Waals surface area contributed by atoms with Crippen LogP contribution in [0, 0.1) is 11.6 Å². The summed E-state index contributed by atoms with van der Waals surface area (Å²) in [6, 6.07) is 11.8. The van der Waals surface area contributed by atoms with Gasteiger partial charge >= 0.3 is 0 Å². The number of rotatable bonds is 5. The van der Waals surface area contributed by atoms with Crippen LogP contribution in [0.1, 0.15) is 5.56 Å². The first-order chi connectivity index (χ1) is 9.56. The SMILES string of the molecule is NC(CSc1cccc(Br)c1)Cc1cccc(F)c1F. The maximum Gasteiger partial charge on any atom is 0.162 e. The molecule has 2 aromatic rings. The molecule has 0 bridgehead atoms. The van der Waals surface area contributed by atoms with Gasteiger partial charge in [-0.15, -0.1) is 11.8 Å². The summed E-state index contributed by atoms with van der Waals surface area (Å²) in [6.45, 7) is 0. The molecule has 0 aliphatic rings. The maximum atomic E-state index is 13.5. The zero-order valence-corrected chi connectivity index (χ0v) is 13.1. The first-order valence-corrected chi connectivity index (χ1v) is 7.91. The lowest BCUT2D eigenvalue weighted by molar-refractivity contribution is 0.495. The van der Waals surface area contributed by atoms with Gasteiger partial charge in [0.05, 0.1) is 0 Å². The Morgan fingerprint density at radius 2 is 1.90 bits per heavy atom. The highest BCUT2D eigenvalue weighted by atomic mass is 79.9. The van der Waals surface area contributed by atoms with Gasteiger partial charge < -0.3 is 5.73 Å². The van der Waals surface area contributed by atoms with Gasteiger partial charge in [0.2, 0.25) is 0 Å². The molecule has 0 aromatic heterocycles. The molecule has 2 N–H and O–H groups in total. The van der Waals surface area contributed by atoms with Crippen LogP contribution in [0.4, 0.5) is 8.78 Å². The minimum absolute atomic E-state index is 0.227. The van der Waals surface area contributed by atoms with E-state index in [-0.39, 0.29) is 6.04 Å². The molecule has 0 radical (unpaired) electrons. The molecule has 5 heteroatoms. The summed E-state index contributed by atoms with van der Waals surface area (Å²) in [5, 5.41) is 0. The minimum atomic E-state index is -0.825. The van der Waals surface area contributed by atoms with Crippen LogP contribution in [-0.4, -0.2) is 11.8 Å². The smallest absolute Gasteiger partial charge is 0.162 e. The van der Waals surface area contributed by atoms with E-state index in [0.717, 1.165) is 15.4 Å². The highest BCUT2D eigenvalue weighted by Gasteiger charge is 2.12. The van der Waals surface area contributed by atoms with Crippen molar-refractivity contribution in [2.75, 3.05) is 5.75 Å². The molecule has 1 atom stereocenters. The molecule has 0 spiro atoms. The summed E-state index contributed by atoms with van der Waals surface area (Å²) in [5.41, 5.74) is 6.32. The molecule has 0 fully saturated rings. The Bertz CT molecular complexity index is 592. The Morgan fingerprint density at radius 1 is 1.15 bits per heavy atom.